The summed E-state index contributed by atoms with van der Waals surface area (Å²) in [6.07, 6.45) is 14.4. The van der Waals surface area contributed by atoms with Crippen molar-refractivity contribution in [1.82, 2.24) is 0 Å². The number of thiol groups is 2. The lowest BCUT2D eigenvalue weighted by atomic mass is 10.0. The first-order valence-corrected chi connectivity index (χ1v) is 7.96. The highest BCUT2D eigenvalue weighted by atomic mass is 32.2. The third-order valence-corrected chi connectivity index (χ3v) is 4.01. The van der Waals surface area contributed by atoms with E-state index >= 15 is 0 Å². The molecule has 0 amide bonds. The third kappa shape index (κ3) is 11.2. The normalized spacial score (nSPS) is 12.0. The van der Waals surface area contributed by atoms with E-state index < -0.39 is 0 Å². The smallest absolute Gasteiger partial charge is 0.0552 e. The van der Waals surface area contributed by atoms with E-state index in [4.69, 9.17) is 0 Å². The van der Waals surface area contributed by atoms with Gasteiger partial charge in [0.15, 0.2) is 0 Å². The fourth-order valence-electron chi connectivity index (χ4n) is 1.95. The molecule has 0 fully saturated rings. The van der Waals surface area contributed by atoms with Gasteiger partial charge in [0, 0.05) is 0 Å². The third-order valence-electron chi connectivity index (χ3n) is 3.11. The van der Waals surface area contributed by atoms with Crippen molar-refractivity contribution in [1.29, 1.82) is 0 Å². The van der Waals surface area contributed by atoms with Gasteiger partial charge < -0.3 is 0 Å². The molecule has 16 heavy (non-hydrogen) atoms. The predicted octanol–water partition coefficient (Wildman–Crippen LogP) is 5.87. The van der Waals surface area contributed by atoms with Gasteiger partial charge in [-0.05, 0) is 12.8 Å². The molecule has 2 heteroatoms. The maximum atomic E-state index is 4.64. The van der Waals surface area contributed by atoms with Crippen LogP contribution in [0.5, 0.6) is 0 Å². The van der Waals surface area contributed by atoms with Crippen LogP contribution < -0.4 is 0 Å². The van der Waals surface area contributed by atoms with Crippen LogP contribution >= 0.6 is 25.3 Å². The van der Waals surface area contributed by atoms with Gasteiger partial charge in [-0.1, -0.05) is 71.6 Å². The number of hydrogen-bond donors (Lipinski definition) is 2. The quantitative estimate of drug-likeness (QED) is 0.259. The van der Waals surface area contributed by atoms with Gasteiger partial charge >= 0.3 is 0 Å². The van der Waals surface area contributed by atoms with E-state index in [0.717, 1.165) is 12.8 Å². The molecule has 0 saturated carbocycles. The van der Waals surface area contributed by atoms with E-state index in [-0.39, 0.29) is 4.08 Å². The topological polar surface area (TPSA) is 0 Å². The van der Waals surface area contributed by atoms with Crippen molar-refractivity contribution in [2.24, 2.45) is 0 Å². The summed E-state index contributed by atoms with van der Waals surface area (Å²) in [5.41, 5.74) is 0. The summed E-state index contributed by atoms with van der Waals surface area (Å²) in [6.45, 7) is 4.50. The maximum Gasteiger partial charge on any atom is 0.0552 e. The summed E-state index contributed by atoms with van der Waals surface area (Å²) in [5, 5.41) is 0. The van der Waals surface area contributed by atoms with E-state index in [0.29, 0.717) is 0 Å². The molecule has 0 spiro atoms. The molecule has 0 N–H and O–H groups in total. The standard InChI is InChI=1S/C14H30S2/c1-3-5-7-8-9-10-11-13-14(15,16)12-6-4-2/h15-16H,3-13H2,1-2H3. The summed E-state index contributed by atoms with van der Waals surface area (Å²) < 4.78 is -0.0145. The molecular weight excluding hydrogens is 232 g/mol. The summed E-state index contributed by atoms with van der Waals surface area (Å²) >= 11 is 9.29. The Morgan fingerprint density at radius 3 is 1.62 bits per heavy atom. The largest absolute Gasteiger partial charge is 0.162 e. The molecule has 0 heterocycles. The van der Waals surface area contributed by atoms with Crippen molar-refractivity contribution >= 4 is 25.3 Å². The van der Waals surface area contributed by atoms with Gasteiger partial charge in [-0.2, -0.15) is 25.3 Å². The van der Waals surface area contributed by atoms with Crippen LogP contribution in [0.2, 0.25) is 0 Å². The molecule has 98 valence electrons. The van der Waals surface area contributed by atoms with Crippen LogP contribution in [0.4, 0.5) is 0 Å². The molecule has 0 aliphatic heterocycles. The Balaban J connectivity index is 3.29. The molecule has 0 radical (unpaired) electrons. The van der Waals surface area contributed by atoms with Gasteiger partial charge in [-0.25, -0.2) is 0 Å². The Hall–Kier alpha value is 0.700. The zero-order valence-electron chi connectivity index (χ0n) is 11.2. The van der Waals surface area contributed by atoms with Gasteiger partial charge in [0.25, 0.3) is 0 Å². The zero-order chi connectivity index (χ0) is 12.3. The van der Waals surface area contributed by atoms with Crippen LogP contribution in [-0.4, -0.2) is 4.08 Å². The molecule has 0 aromatic carbocycles. The average Bonchev–Trinajstić information content (AvgIpc) is 2.25. The molecule has 0 nitrogen and oxygen atoms in total. The van der Waals surface area contributed by atoms with E-state index in [2.05, 4.69) is 39.1 Å². The fraction of sp³-hybridized carbons (Fsp3) is 1.00. The summed E-state index contributed by atoms with van der Waals surface area (Å²) in [5.74, 6) is 0. The number of unbranched alkanes of at least 4 members (excludes halogenated alkanes) is 7. The van der Waals surface area contributed by atoms with Crippen LogP contribution in [0.1, 0.15) is 84.5 Å². The minimum Gasteiger partial charge on any atom is -0.162 e. The molecule has 0 aromatic heterocycles. The van der Waals surface area contributed by atoms with Gasteiger partial charge in [0.2, 0.25) is 0 Å². The van der Waals surface area contributed by atoms with E-state index in [1.807, 2.05) is 0 Å². The molecule has 0 aromatic rings. The maximum absolute atomic E-state index is 4.64. The molecule has 0 aliphatic rings. The highest BCUT2D eigenvalue weighted by Crippen LogP contribution is 2.32. The van der Waals surface area contributed by atoms with Gasteiger partial charge in [0.05, 0.1) is 4.08 Å². The summed E-state index contributed by atoms with van der Waals surface area (Å²) in [4.78, 5) is 0. The molecule has 0 aliphatic carbocycles. The highest BCUT2D eigenvalue weighted by molar-refractivity contribution is 8.00. The highest BCUT2D eigenvalue weighted by Gasteiger charge is 2.18. The molecule has 0 bridgehead atoms. The lowest BCUT2D eigenvalue weighted by Gasteiger charge is -2.22. The van der Waals surface area contributed by atoms with Crippen LogP contribution in [0.15, 0.2) is 0 Å². The van der Waals surface area contributed by atoms with Crippen molar-refractivity contribution in [3.8, 4) is 0 Å². The minimum absolute atomic E-state index is 0.0145. The van der Waals surface area contributed by atoms with Gasteiger partial charge in [0.1, 0.15) is 0 Å². The second-order valence-electron chi connectivity index (χ2n) is 4.96. The van der Waals surface area contributed by atoms with Crippen molar-refractivity contribution in [2.45, 2.75) is 88.6 Å². The monoisotopic (exact) mass is 262 g/mol. The second-order valence-corrected chi connectivity index (χ2v) is 7.02. The Morgan fingerprint density at radius 2 is 1.06 bits per heavy atom. The molecular formula is C14H30S2. The van der Waals surface area contributed by atoms with E-state index in [9.17, 15) is 0 Å². The van der Waals surface area contributed by atoms with Crippen LogP contribution in [0.3, 0.4) is 0 Å². The summed E-state index contributed by atoms with van der Waals surface area (Å²) in [6, 6.07) is 0. The van der Waals surface area contributed by atoms with Gasteiger partial charge in [-0.3, -0.25) is 0 Å². The van der Waals surface area contributed by atoms with Crippen molar-refractivity contribution < 1.29 is 0 Å². The van der Waals surface area contributed by atoms with Crippen LogP contribution in [0.25, 0.3) is 0 Å². The molecule has 0 atom stereocenters. The lowest BCUT2D eigenvalue weighted by molar-refractivity contribution is 0.542. The Morgan fingerprint density at radius 1 is 0.625 bits per heavy atom. The zero-order valence-corrected chi connectivity index (χ0v) is 13.0. The van der Waals surface area contributed by atoms with Crippen LogP contribution in [0, 0.1) is 0 Å². The van der Waals surface area contributed by atoms with E-state index in [1.54, 1.807) is 0 Å². The van der Waals surface area contributed by atoms with Crippen LogP contribution in [-0.2, 0) is 0 Å². The SMILES string of the molecule is CCCCCCCCCC(S)(S)CCCC. The van der Waals surface area contributed by atoms with Crippen molar-refractivity contribution in [2.75, 3.05) is 0 Å². The van der Waals surface area contributed by atoms with E-state index in [1.165, 1.54) is 57.8 Å². The van der Waals surface area contributed by atoms with Crippen molar-refractivity contribution in [3.05, 3.63) is 0 Å². The van der Waals surface area contributed by atoms with Crippen molar-refractivity contribution in [3.63, 3.8) is 0 Å². The first kappa shape index (κ1) is 16.7. The summed E-state index contributed by atoms with van der Waals surface area (Å²) in [7, 11) is 0. The van der Waals surface area contributed by atoms with Gasteiger partial charge in [-0.15, -0.1) is 0 Å². The Bertz CT molecular complexity index is 144. The lowest BCUT2D eigenvalue weighted by Crippen LogP contribution is -2.12. The molecule has 0 unspecified atom stereocenters. The molecule has 0 saturated heterocycles. The first-order valence-electron chi connectivity index (χ1n) is 7.07. The Labute approximate surface area is 114 Å². The molecule has 0 rings (SSSR count). The minimum atomic E-state index is -0.0145. The first-order chi connectivity index (χ1) is 7.62. The predicted molar refractivity (Wildman–Crippen MR) is 82.8 cm³/mol. The number of rotatable bonds is 11. The second kappa shape index (κ2) is 10.8. The fourth-order valence-corrected chi connectivity index (χ4v) is 2.58. The average molecular weight is 263 g/mol. The Kier molecular flexibility index (Phi) is 11.3. The number of hydrogen-bond acceptors (Lipinski definition) is 2.